The van der Waals surface area contributed by atoms with Crippen molar-refractivity contribution in [2.75, 3.05) is 28.3 Å². The molecule has 0 N–H and O–H groups in total. The zero-order valence-corrected chi connectivity index (χ0v) is 20.4. The Hall–Kier alpha value is -2.75. The number of ether oxygens (including phenoxy) is 2. The Labute approximate surface area is 198 Å². The summed E-state index contributed by atoms with van der Waals surface area (Å²) in [5, 5.41) is 18.4. The van der Waals surface area contributed by atoms with Crippen LogP contribution in [0.1, 0.15) is 11.1 Å². The Balaban J connectivity index is 1.98. The molecule has 2 aromatic carbocycles. The smallest absolute Gasteiger partial charge is 0.242 e. The second-order valence-electron chi connectivity index (χ2n) is 7.23. The molecule has 33 heavy (non-hydrogen) atoms. The van der Waals surface area contributed by atoms with Crippen LogP contribution in [0.15, 0.2) is 58.6 Å². The van der Waals surface area contributed by atoms with E-state index in [-0.39, 0.29) is 4.90 Å². The lowest BCUT2D eigenvalue weighted by Gasteiger charge is -2.17. The Morgan fingerprint density at radius 3 is 2.52 bits per heavy atom. The summed E-state index contributed by atoms with van der Waals surface area (Å²) in [6, 6.07) is 16.1. The first-order valence-corrected chi connectivity index (χ1v) is 12.4. The molecule has 174 valence electrons. The summed E-state index contributed by atoms with van der Waals surface area (Å²) >= 11 is 1.45. The number of methoxy groups -OCH3 is 2. The van der Waals surface area contributed by atoms with Gasteiger partial charge in [0.15, 0.2) is 17.3 Å². The normalized spacial score (nSPS) is 11.8. The van der Waals surface area contributed by atoms with Crippen LogP contribution in [0.5, 0.6) is 0 Å². The summed E-state index contributed by atoms with van der Waals surface area (Å²) in [7, 11) is 2.46. The largest absolute Gasteiger partial charge is 0.354 e. The van der Waals surface area contributed by atoms with E-state index in [0.717, 1.165) is 5.56 Å². The van der Waals surface area contributed by atoms with E-state index < -0.39 is 16.3 Å². The Morgan fingerprint density at radius 1 is 1.12 bits per heavy atom. The van der Waals surface area contributed by atoms with E-state index in [1.807, 2.05) is 22.8 Å². The summed E-state index contributed by atoms with van der Waals surface area (Å²) < 4.78 is 39.0. The maximum Gasteiger partial charge on any atom is 0.242 e. The van der Waals surface area contributed by atoms with Gasteiger partial charge in [0, 0.05) is 39.6 Å². The highest BCUT2D eigenvalue weighted by molar-refractivity contribution is 7.98. The molecule has 3 aromatic rings. The van der Waals surface area contributed by atoms with Gasteiger partial charge in [-0.1, -0.05) is 36.0 Å². The van der Waals surface area contributed by atoms with Gasteiger partial charge in [0.25, 0.3) is 0 Å². The summed E-state index contributed by atoms with van der Waals surface area (Å²) in [5.74, 6) is 1.08. The highest BCUT2D eigenvalue weighted by Crippen LogP contribution is 2.29. The first kappa shape index (κ1) is 24.9. The monoisotopic (exact) mass is 487 g/mol. The number of nitrogens with zero attached hydrogens (tertiary/aromatic N) is 5. The maximum absolute atomic E-state index is 12.6. The summed E-state index contributed by atoms with van der Waals surface area (Å²) in [5.41, 5.74) is 2.17. The van der Waals surface area contributed by atoms with Crippen molar-refractivity contribution in [2.45, 2.75) is 28.6 Å². The summed E-state index contributed by atoms with van der Waals surface area (Å²) in [6.07, 6.45) is -0.547. The van der Waals surface area contributed by atoms with Crippen molar-refractivity contribution < 1.29 is 17.9 Å². The third-order valence-electron chi connectivity index (χ3n) is 4.87. The molecule has 11 heteroatoms. The van der Waals surface area contributed by atoms with Gasteiger partial charge >= 0.3 is 0 Å². The molecule has 0 saturated heterocycles. The molecule has 0 aliphatic carbocycles. The van der Waals surface area contributed by atoms with E-state index in [9.17, 15) is 8.42 Å². The molecule has 0 fully saturated rings. The molecule has 0 bridgehead atoms. The molecule has 0 radical (unpaired) electrons. The van der Waals surface area contributed by atoms with Crippen molar-refractivity contribution in [3.05, 3.63) is 59.7 Å². The van der Waals surface area contributed by atoms with Crippen molar-refractivity contribution in [1.82, 2.24) is 19.1 Å². The molecule has 0 spiro atoms. The number of sulfonamides is 1. The highest BCUT2D eigenvalue weighted by atomic mass is 32.2. The minimum Gasteiger partial charge on any atom is -0.354 e. The standard InChI is InChI=1S/C22H25N5O4S2/c1-26(2)33(28,29)19-10-6-9-18(12-19)21-24-25-22(27(21)14-20(30-3)31-4)32-15-17-8-5-7-16(11-17)13-23/h5-12,20H,14-15H2,1-4H3. The van der Waals surface area contributed by atoms with Gasteiger partial charge in [-0.3, -0.25) is 4.57 Å². The molecule has 0 aliphatic rings. The minimum atomic E-state index is -3.60. The van der Waals surface area contributed by atoms with E-state index in [2.05, 4.69) is 16.3 Å². The lowest BCUT2D eigenvalue weighted by molar-refractivity contribution is -0.111. The maximum atomic E-state index is 12.6. The molecule has 1 aromatic heterocycles. The Kier molecular flexibility index (Phi) is 8.23. The molecule has 3 rings (SSSR count). The molecule has 0 unspecified atom stereocenters. The van der Waals surface area contributed by atoms with E-state index in [1.165, 1.54) is 30.2 Å². The zero-order chi connectivity index (χ0) is 24.0. The van der Waals surface area contributed by atoms with Crippen molar-refractivity contribution in [3.8, 4) is 17.5 Å². The van der Waals surface area contributed by atoms with Crippen molar-refractivity contribution >= 4 is 21.8 Å². The van der Waals surface area contributed by atoms with Gasteiger partial charge < -0.3 is 9.47 Å². The first-order valence-electron chi connectivity index (χ1n) is 9.93. The van der Waals surface area contributed by atoms with Crippen LogP contribution in [0, 0.1) is 11.3 Å². The fraction of sp³-hybridized carbons (Fsp3) is 0.318. The van der Waals surface area contributed by atoms with Gasteiger partial charge in [0.1, 0.15) is 0 Å². The highest BCUT2D eigenvalue weighted by Gasteiger charge is 2.22. The molecular formula is C22H25N5O4S2. The number of hydrogen-bond acceptors (Lipinski definition) is 8. The number of hydrogen-bond donors (Lipinski definition) is 0. The van der Waals surface area contributed by atoms with E-state index >= 15 is 0 Å². The Morgan fingerprint density at radius 2 is 1.85 bits per heavy atom. The van der Waals surface area contributed by atoms with Crippen LogP contribution in [-0.2, 0) is 31.8 Å². The number of nitriles is 1. The number of thioether (sulfide) groups is 1. The van der Waals surface area contributed by atoms with Crippen molar-refractivity contribution in [1.29, 1.82) is 5.26 Å². The molecule has 9 nitrogen and oxygen atoms in total. The van der Waals surface area contributed by atoms with Crippen LogP contribution in [0.4, 0.5) is 0 Å². The van der Waals surface area contributed by atoms with Crippen LogP contribution >= 0.6 is 11.8 Å². The van der Waals surface area contributed by atoms with Crippen LogP contribution in [0.25, 0.3) is 11.4 Å². The van der Waals surface area contributed by atoms with E-state index in [4.69, 9.17) is 14.7 Å². The Bertz CT molecular complexity index is 1250. The summed E-state index contributed by atoms with van der Waals surface area (Å²) in [4.78, 5) is 0.164. The van der Waals surface area contributed by atoms with Gasteiger partial charge in [-0.05, 0) is 29.8 Å². The third-order valence-corrected chi connectivity index (χ3v) is 7.72. The number of benzene rings is 2. The molecule has 0 aliphatic heterocycles. The lowest BCUT2D eigenvalue weighted by Crippen LogP contribution is -2.22. The van der Waals surface area contributed by atoms with Crippen molar-refractivity contribution in [2.24, 2.45) is 0 Å². The molecule has 0 atom stereocenters. The van der Waals surface area contributed by atoms with Gasteiger partial charge in [0.2, 0.25) is 10.0 Å². The molecule has 0 amide bonds. The average Bonchev–Trinajstić information content (AvgIpc) is 3.23. The van der Waals surface area contributed by atoms with E-state index in [1.54, 1.807) is 44.6 Å². The zero-order valence-electron chi connectivity index (χ0n) is 18.8. The molecule has 1 heterocycles. The van der Waals surface area contributed by atoms with Crippen LogP contribution in [-0.4, -0.2) is 62.1 Å². The SMILES string of the molecule is COC(Cn1c(SCc2cccc(C#N)c2)nnc1-c1cccc(S(=O)(=O)N(C)C)c1)OC. The number of rotatable bonds is 10. The third kappa shape index (κ3) is 5.79. The second kappa shape index (κ2) is 10.9. The first-order chi connectivity index (χ1) is 15.8. The average molecular weight is 488 g/mol. The van der Waals surface area contributed by atoms with Gasteiger partial charge in [-0.15, -0.1) is 10.2 Å². The van der Waals surface area contributed by atoms with Crippen molar-refractivity contribution in [3.63, 3.8) is 0 Å². The summed E-state index contributed by atoms with van der Waals surface area (Å²) in [6.45, 7) is 0.306. The van der Waals surface area contributed by atoms with Gasteiger partial charge in [-0.2, -0.15) is 5.26 Å². The minimum absolute atomic E-state index is 0.164. The number of aromatic nitrogens is 3. The van der Waals surface area contributed by atoms with Gasteiger partial charge in [-0.25, -0.2) is 12.7 Å². The topological polar surface area (TPSA) is 110 Å². The fourth-order valence-electron chi connectivity index (χ4n) is 3.05. The fourth-order valence-corrected chi connectivity index (χ4v) is 4.89. The van der Waals surface area contributed by atoms with Crippen LogP contribution in [0.2, 0.25) is 0 Å². The van der Waals surface area contributed by atoms with Crippen LogP contribution in [0.3, 0.4) is 0 Å². The quantitative estimate of drug-likeness (QED) is 0.317. The predicted octanol–water partition coefficient (Wildman–Crippen LogP) is 2.98. The van der Waals surface area contributed by atoms with Gasteiger partial charge in [0.05, 0.1) is 23.1 Å². The van der Waals surface area contributed by atoms with Crippen LogP contribution < -0.4 is 0 Å². The molecule has 0 saturated carbocycles. The second-order valence-corrected chi connectivity index (χ2v) is 10.3. The lowest BCUT2D eigenvalue weighted by atomic mass is 10.2. The van der Waals surface area contributed by atoms with E-state index in [0.29, 0.717) is 34.4 Å². The predicted molar refractivity (Wildman–Crippen MR) is 125 cm³/mol. The molecular weight excluding hydrogens is 462 g/mol.